The number of carbonyl (C=O) groups is 2. The molecule has 0 spiro atoms. The minimum Gasteiger partial charge on any atom is -0.463 e. The number of ether oxygens (including phenoxy) is 2. The molecule has 50 heavy (non-hydrogen) atoms. The molecular formula is C42H76O8. The number of aliphatic hydroxyl groups excluding tert-OH is 4. The van der Waals surface area contributed by atoms with Crippen LogP contribution < -0.4 is 0 Å². The normalized spacial score (nSPS) is 20.6. The number of allylic oxidation sites excluding steroid dienone is 1. The van der Waals surface area contributed by atoms with Crippen molar-refractivity contribution in [2.75, 3.05) is 13.2 Å². The zero-order chi connectivity index (χ0) is 36.8. The summed E-state index contributed by atoms with van der Waals surface area (Å²) in [5, 5.41) is 41.1. The summed E-state index contributed by atoms with van der Waals surface area (Å²) in [5.41, 5.74) is 0. The topological polar surface area (TPSA) is 134 Å². The molecule has 1 rings (SSSR count). The molecule has 4 N–H and O–H groups in total. The van der Waals surface area contributed by atoms with Gasteiger partial charge in [-0.15, -0.1) is 0 Å². The number of hydrogen-bond donors (Lipinski definition) is 4. The first-order chi connectivity index (χ1) is 24.1. The maximum atomic E-state index is 12.1. The number of hydrogen-bond acceptors (Lipinski definition) is 8. The van der Waals surface area contributed by atoms with Crippen LogP contribution in [0.1, 0.15) is 175 Å². The molecule has 8 nitrogen and oxygen atoms in total. The van der Waals surface area contributed by atoms with Crippen molar-refractivity contribution in [3.05, 3.63) is 24.3 Å². The fourth-order valence-corrected chi connectivity index (χ4v) is 6.77. The van der Waals surface area contributed by atoms with E-state index in [0.717, 1.165) is 44.4 Å². The van der Waals surface area contributed by atoms with Crippen LogP contribution in [0.5, 0.6) is 0 Å². The van der Waals surface area contributed by atoms with Gasteiger partial charge in [-0.3, -0.25) is 9.59 Å². The Bertz CT molecular complexity index is 887. The van der Waals surface area contributed by atoms with Crippen LogP contribution in [-0.4, -0.2) is 70.0 Å². The maximum Gasteiger partial charge on any atom is 0.309 e. The Labute approximate surface area is 305 Å². The van der Waals surface area contributed by atoms with Crippen molar-refractivity contribution < 1.29 is 39.5 Å². The summed E-state index contributed by atoms with van der Waals surface area (Å²) < 4.78 is 10.3. The Morgan fingerprint density at radius 3 is 1.76 bits per heavy atom. The van der Waals surface area contributed by atoms with Gasteiger partial charge in [-0.1, -0.05) is 161 Å². The van der Waals surface area contributed by atoms with Crippen LogP contribution in [0.25, 0.3) is 0 Å². The summed E-state index contributed by atoms with van der Waals surface area (Å²) >= 11 is 0. The minimum atomic E-state index is -1.08. The molecule has 1 aliphatic rings. The lowest BCUT2D eigenvalue weighted by atomic mass is 9.89. The van der Waals surface area contributed by atoms with E-state index in [1.807, 2.05) is 6.08 Å². The molecule has 0 aromatic rings. The van der Waals surface area contributed by atoms with E-state index in [1.165, 1.54) is 83.5 Å². The molecule has 0 unspecified atom stereocenters. The molecule has 6 atom stereocenters. The maximum absolute atomic E-state index is 12.1. The second-order valence-corrected chi connectivity index (χ2v) is 15.2. The van der Waals surface area contributed by atoms with Crippen molar-refractivity contribution in [3.8, 4) is 0 Å². The second kappa shape index (κ2) is 30.8. The Kier molecular flexibility index (Phi) is 28.6. The van der Waals surface area contributed by atoms with Gasteiger partial charge in [0.2, 0.25) is 0 Å². The van der Waals surface area contributed by atoms with E-state index < -0.39 is 30.4 Å². The Hall–Kier alpha value is -1.74. The van der Waals surface area contributed by atoms with E-state index in [0.29, 0.717) is 19.3 Å². The summed E-state index contributed by atoms with van der Waals surface area (Å²) in [5.74, 6) is -0.482. The van der Waals surface area contributed by atoms with Gasteiger partial charge in [-0.25, -0.2) is 0 Å². The third-order valence-corrected chi connectivity index (χ3v) is 9.97. The third-order valence-electron chi connectivity index (χ3n) is 9.97. The number of esters is 2. The lowest BCUT2D eigenvalue weighted by Crippen LogP contribution is -2.25. The number of rotatable bonds is 32. The van der Waals surface area contributed by atoms with Crippen molar-refractivity contribution in [2.45, 2.75) is 199 Å². The highest BCUT2D eigenvalue weighted by molar-refractivity contribution is 5.71. The molecule has 1 fully saturated rings. The minimum absolute atomic E-state index is 0.00733. The fraction of sp³-hybridized carbons (Fsp3) is 0.857. The van der Waals surface area contributed by atoms with Crippen molar-refractivity contribution in [3.63, 3.8) is 0 Å². The van der Waals surface area contributed by atoms with Crippen LogP contribution in [0.3, 0.4) is 0 Å². The SMILES string of the molecule is CCCCC[C@@H](O)/C=C/[C@@H]1[C@H](C/C=C\CC(=O)OC[C@@H](O)COC(=O)CCCCCCCCCCCCCCCCCC(C)C)[C@@H](O)C[C@H]1O. The van der Waals surface area contributed by atoms with Gasteiger partial charge >= 0.3 is 11.9 Å². The Morgan fingerprint density at radius 1 is 0.680 bits per heavy atom. The van der Waals surface area contributed by atoms with Gasteiger partial charge in [0.15, 0.2) is 0 Å². The van der Waals surface area contributed by atoms with Crippen LogP contribution in [0, 0.1) is 17.8 Å². The van der Waals surface area contributed by atoms with E-state index in [9.17, 15) is 30.0 Å². The predicted molar refractivity (Wildman–Crippen MR) is 203 cm³/mol. The standard InChI is InChI=1S/C42H76O8/c1-4-5-19-25-35(43)29-30-38-37(39(45)31-40(38)46)26-22-23-28-42(48)50-33-36(44)32-49-41(47)27-21-18-16-14-12-10-8-6-7-9-11-13-15-17-20-24-34(2)3/h22-23,29-30,34-40,43-46H,4-21,24-28,31-33H2,1-3H3/b23-22-,30-29+/t35-,36+,37+,38-,39+,40-/m1/s1. The summed E-state index contributed by atoms with van der Waals surface area (Å²) in [6.45, 7) is 6.28. The lowest BCUT2D eigenvalue weighted by molar-refractivity contribution is -0.151. The molecular weight excluding hydrogens is 632 g/mol. The number of aliphatic hydroxyl groups is 4. The van der Waals surface area contributed by atoms with E-state index in [1.54, 1.807) is 18.2 Å². The number of carbonyl (C=O) groups excluding carboxylic acids is 2. The molecule has 1 saturated carbocycles. The summed E-state index contributed by atoms with van der Waals surface area (Å²) in [7, 11) is 0. The van der Waals surface area contributed by atoms with E-state index in [2.05, 4.69) is 20.8 Å². The van der Waals surface area contributed by atoms with Crippen molar-refractivity contribution in [1.29, 1.82) is 0 Å². The van der Waals surface area contributed by atoms with Crippen LogP contribution in [0.15, 0.2) is 24.3 Å². The highest BCUT2D eigenvalue weighted by Crippen LogP contribution is 2.36. The monoisotopic (exact) mass is 709 g/mol. The van der Waals surface area contributed by atoms with Gasteiger partial charge in [0, 0.05) is 18.8 Å². The van der Waals surface area contributed by atoms with E-state index in [4.69, 9.17) is 9.47 Å². The molecule has 0 aromatic carbocycles. The third kappa shape index (κ3) is 25.3. The van der Waals surface area contributed by atoms with Gasteiger partial charge < -0.3 is 29.9 Å². The Balaban J connectivity index is 2.03. The Morgan fingerprint density at radius 2 is 1.20 bits per heavy atom. The molecule has 0 aromatic heterocycles. The van der Waals surface area contributed by atoms with Gasteiger partial charge in [0.05, 0.1) is 24.7 Å². The molecule has 0 radical (unpaired) electrons. The molecule has 8 heteroatoms. The van der Waals surface area contributed by atoms with Crippen LogP contribution in [0.2, 0.25) is 0 Å². The number of unbranched alkanes of at least 4 members (excludes halogenated alkanes) is 16. The first-order valence-corrected chi connectivity index (χ1v) is 20.5. The van der Waals surface area contributed by atoms with E-state index >= 15 is 0 Å². The molecule has 1 aliphatic carbocycles. The predicted octanol–water partition coefficient (Wildman–Crippen LogP) is 8.91. The smallest absolute Gasteiger partial charge is 0.309 e. The summed E-state index contributed by atoms with van der Waals surface area (Å²) in [6, 6.07) is 0. The molecule has 0 saturated heterocycles. The van der Waals surface area contributed by atoms with E-state index in [-0.39, 0.29) is 43.9 Å². The van der Waals surface area contributed by atoms with Gasteiger partial charge in [0.25, 0.3) is 0 Å². The zero-order valence-electron chi connectivity index (χ0n) is 32.2. The molecule has 292 valence electrons. The van der Waals surface area contributed by atoms with Crippen LogP contribution in [0.4, 0.5) is 0 Å². The molecule has 0 bridgehead atoms. The lowest BCUT2D eigenvalue weighted by Gasteiger charge is -2.19. The zero-order valence-corrected chi connectivity index (χ0v) is 32.2. The van der Waals surface area contributed by atoms with Crippen molar-refractivity contribution in [1.82, 2.24) is 0 Å². The van der Waals surface area contributed by atoms with Gasteiger partial charge in [0.1, 0.15) is 19.3 Å². The largest absolute Gasteiger partial charge is 0.463 e. The van der Waals surface area contributed by atoms with Crippen LogP contribution in [-0.2, 0) is 19.1 Å². The van der Waals surface area contributed by atoms with Gasteiger partial charge in [-0.05, 0) is 31.1 Å². The molecule has 0 heterocycles. The summed E-state index contributed by atoms with van der Waals surface area (Å²) in [6.07, 6.45) is 29.4. The quantitative estimate of drug-likeness (QED) is 0.0309. The first-order valence-electron chi connectivity index (χ1n) is 20.5. The second-order valence-electron chi connectivity index (χ2n) is 15.2. The van der Waals surface area contributed by atoms with Crippen molar-refractivity contribution >= 4 is 11.9 Å². The highest BCUT2D eigenvalue weighted by Gasteiger charge is 2.39. The highest BCUT2D eigenvalue weighted by atomic mass is 16.6. The molecule has 0 aliphatic heterocycles. The molecule has 0 amide bonds. The first kappa shape index (κ1) is 46.3. The summed E-state index contributed by atoms with van der Waals surface area (Å²) in [4.78, 5) is 24.2. The average molecular weight is 709 g/mol. The fourth-order valence-electron chi connectivity index (χ4n) is 6.77. The van der Waals surface area contributed by atoms with Gasteiger partial charge in [-0.2, -0.15) is 0 Å². The average Bonchev–Trinajstić information content (AvgIpc) is 3.35. The van der Waals surface area contributed by atoms with Crippen LogP contribution >= 0.6 is 0 Å². The van der Waals surface area contributed by atoms with Crippen molar-refractivity contribution in [2.24, 2.45) is 17.8 Å².